The van der Waals surface area contributed by atoms with Gasteiger partial charge < -0.3 is 10.1 Å². The van der Waals surface area contributed by atoms with Crippen LogP contribution in [0.2, 0.25) is 10.0 Å². The monoisotopic (exact) mass is 456 g/mol. The SMILES string of the molecule is CC1CN(S(=O)(=O)c2cc(C(=O)NCc3ccc(Cl)cc3)ccc2Cl)CC(C)O1. The molecule has 1 heterocycles. The number of halogens is 2. The fraction of sp³-hybridized carbons (Fsp3) is 0.350. The van der Waals surface area contributed by atoms with E-state index in [1.165, 1.54) is 22.5 Å². The van der Waals surface area contributed by atoms with Gasteiger partial charge in [0, 0.05) is 30.2 Å². The molecule has 1 amide bonds. The highest BCUT2D eigenvalue weighted by Gasteiger charge is 2.33. The lowest BCUT2D eigenvalue weighted by Crippen LogP contribution is -2.48. The molecule has 0 aliphatic carbocycles. The number of hydrogen-bond acceptors (Lipinski definition) is 4. The number of ether oxygens (including phenoxy) is 1. The van der Waals surface area contributed by atoms with Crippen LogP contribution in [0.15, 0.2) is 47.4 Å². The van der Waals surface area contributed by atoms with Crippen LogP contribution in [0.1, 0.15) is 29.8 Å². The molecule has 2 unspecified atom stereocenters. The number of hydrogen-bond donors (Lipinski definition) is 1. The van der Waals surface area contributed by atoms with Gasteiger partial charge in [-0.25, -0.2) is 8.42 Å². The molecule has 29 heavy (non-hydrogen) atoms. The summed E-state index contributed by atoms with van der Waals surface area (Å²) in [6, 6.07) is 11.3. The first-order chi connectivity index (χ1) is 13.7. The Morgan fingerprint density at radius 3 is 2.34 bits per heavy atom. The molecule has 0 bridgehead atoms. The zero-order valence-corrected chi connectivity index (χ0v) is 18.4. The Bertz CT molecular complexity index is 986. The number of benzene rings is 2. The second kappa shape index (κ2) is 9.02. The van der Waals surface area contributed by atoms with Crippen molar-refractivity contribution in [1.82, 2.24) is 9.62 Å². The van der Waals surface area contributed by atoms with Crippen LogP contribution in [-0.2, 0) is 21.3 Å². The maximum Gasteiger partial charge on any atom is 0.251 e. The fourth-order valence-corrected chi connectivity index (χ4v) is 5.41. The Labute approximate surface area is 180 Å². The maximum absolute atomic E-state index is 13.1. The van der Waals surface area contributed by atoms with Crippen molar-refractivity contribution >= 4 is 39.1 Å². The fourth-order valence-electron chi connectivity index (χ4n) is 3.19. The summed E-state index contributed by atoms with van der Waals surface area (Å²) in [6.45, 7) is 4.39. The normalized spacial score (nSPS) is 20.4. The van der Waals surface area contributed by atoms with Gasteiger partial charge in [-0.1, -0.05) is 35.3 Å². The smallest absolute Gasteiger partial charge is 0.251 e. The van der Waals surface area contributed by atoms with E-state index in [1.807, 2.05) is 13.8 Å². The zero-order chi connectivity index (χ0) is 21.2. The van der Waals surface area contributed by atoms with Gasteiger partial charge in [-0.3, -0.25) is 4.79 Å². The average molecular weight is 457 g/mol. The molecule has 156 valence electrons. The molecule has 6 nitrogen and oxygen atoms in total. The number of rotatable bonds is 5. The van der Waals surface area contributed by atoms with Gasteiger partial charge in [0.1, 0.15) is 4.90 Å². The van der Waals surface area contributed by atoms with E-state index in [0.717, 1.165) is 5.56 Å². The molecule has 2 atom stereocenters. The van der Waals surface area contributed by atoms with Gasteiger partial charge in [0.05, 0.1) is 17.2 Å². The number of carbonyl (C=O) groups is 1. The van der Waals surface area contributed by atoms with Gasteiger partial charge in [0.15, 0.2) is 0 Å². The summed E-state index contributed by atoms with van der Waals surface area (Å²) in [5.41, 5.74) is 1.09. The molecule has 1 aliphatic heterocycles. The van der Waals surface area contributed by atoms with Gasteiger partial charge in [-0.15, -0.1) is 0 Å². The lowest BCUT2D eigenvalue weighted by atomic mass is 10.2. The number of nitrogens with zero attached hydrogens (tertiary/aromatic N) is 1. The van der Waals surface area contributed by atoms with E-state index in [4.69, 9.17) is 27.9 Å². The van der Waals surface area contributed by atoms with Crippen LogP contribution in [0.4, 0.5) is 0 Å². The molecule has 9 heteroatoms. The third kappa shape index (κ3) is 5.29. The molecule has 0 radical (unpaired) electrons. The van der Waals surface area contributed by atoms with Gasteiger partial charge in [-0.05, 0) is 49.7 Å². The highest BCUT2D eigenvalue weighted by molar-refractivity contribution is 7.89. The van der Waals surface area contributed by atoms with Gasteiger partial charge in [-0.2, -0.15) is 4.31 Å². The summed E-state index contributed by atoms with van der Waals surface area (Å²) in [7, 11) is -3.86. The highest BCUT2D eigenvalue weighted by atomic mass is 35.5. The Hall–Kier alpha value is -1.64. The molecule has 2 aromatic rings. The quantitative estimate of drug-likeness (QED) is 0.743. The zero-order valence-electron chi connectivity index (χ0n) is 16.1. The third-order valence-electron chi connectivity index (χ3n) is 4.56. The lowest BCUT2D eigenvalue weighted by Gasteiger charge is -2.34. The first-order valence-electron chi connectivity index (χ1n) is 9.14. The van der Waals surface area contributed by atoms with Crippen LogP contribution in [0.25, 0.3) is 0 Å². The second-order valence-electron chi connectivity index (χ2n) is 7.03. The Kier molecular flexibility index (Phi) is 6.86. The molecule has 1 saturated heterocycles. The van der Waals surface area contributed by atoms with E-state index in [1.54, 1.807) is 24.3 Å². The summed E-state index contributed by atoms with van der Waals surface area (Å²) < 4.78 is 33.2. The van der Waals surface area contributed by atoms with Crippen LogP contribution in [0, 0.1) is 0 Å². The molecular weight excluding hydrogens is 435 g/mol. The Morgan fingerprint density at radius 2 is 1.72 bits per heavy atom. The minimum Gasteiger partial charge on any atom is -0.373 e. The summed E-state index contributed by atoms with van der Waals surface area (Å²) in [5.74, 6) is -0.392. The van der Waals surface area contributed by atoms with Crippen molar-refractivity contribution in [1.29, 1.82) is 0 Å². The summed E-state index contributed by atoms with van der Waals surface area (Å²) in [5, 5.41) is 3.46. The number of amides is 1. The highest BCUT2D eigenvalue weighted by Crippen LogP contribution is 2.28. The summed E-state index contributed by atoms with van der Waals surface area (Å²) >= 11 is 12.0. The molecule has 2 aromatic carbocycles. The molecule has 1 N–H and O–H groups in total. The van der Waals surface area contributed by atoms with Crippen molar-refractivity contribution in [3.05, 3.63) is 63.6 Å². The number of carbonyl (C=O) groups excluding carboxylic acids is 1. The minimum absolute atomic E-state index is 0.0750. The Balaban J connectivity index is 1.79. The molecule has 0 saturated carbocycles. The summed E-state index contributed by atoms with van der Waals surface area (Å²) in [6.07, 6.45) is -0.448. The van der Waals surface area contributed by atoms with Crippen molar-refractivity contribution in [3.8, 4) is 0 Å². The van der Waals surface area contributed by atoms with Crippen molar-refractivity contribution in [2.24, 2.45) is 0 Å². The lowest BCUT2D eigenvalue weighted by molar-refractivity contribution is -0.0440. The molecular formula is C20H22Cl2N2O4S. The minimum atomic E-state index is -3.86. The van der Waals surface area contributed by atoms with Crippen LogP contribution < -0.4 is 5.32 Å². The molecule has 3 rings (SSSR count). The molecule has 0 aromatic heterocycles. The van der Waals surface area contributed by atoms with Gasteiger partial charge in [0.2, 0.25) is 10.0 Å². The topological polar surface area (TPSA) is 75.7 Å². The van der Waals surface area contributed by atoms with Crippen molar-refractivity contribution in [2.75, 3.05) is 13.1 Å². The van der Waals surface area contributed by atoms with Crippen molar-refractivity contribution < 1.29 is 17.9 Å². The van der Waals surface area contributed by atoms with Crippen LogP contribution >= 0.6 is 23.2 Å². The number of sulfonamides is 1. The standard InChI is InChI=1S/C20H22Cl2N2O4S/c1-13-11-24(12-14(2)28-13)29(26,27)19-9-16(5-8-18(19)22)20(25)23-10-15-3-6-17(21)7-4-15/h3-9,13-14H,10-12H2,1-2H3,(H,23,25). The second-order valence-corrected chi connectivity index (χ2v) is 9.78. The van der Waals surface area contributed by atoms with Crippen LogP contribution in [0.5, 0.6) is 0 Å². The van der Waals surface area contributed by atoms with E-state index < -0.39 is 15.9 Å². The van der Waals surface area contributed by atoms with E-state index in [-0.39, 0.29) is 40.8 Å². The number of morpholine rings is 1. The average Bonchev–Trinajstić information content (AvgIpc) is 2.66. The van der Waals surface area contributed by atoms with E-state index in [9.17, 15) is 13.2 Å². The van der Waals surface area contributed by atoms with Crippen LogP contribution in [0.3, 0.4) is 0 Å². The van der Waals surface area contributed by atoms with Crippen molar-refractivity contribution in [2.45, 2.75) is 37.5 Å². The van der Waals surface area contributed by atoms with Crippen molar-refractivity contribution in [3.63, 3.8) is 0 Å². The molecule has 1 aliphatic rings. The first kappa shape index (κ1) is 22.1. The number of nitrogens with one attached hydrogen (secondary N) is 1. The van der Waals surface area contributed by atoms with E-state index >= 15 is 0 Å². The van der Waals surface area contributed by atoms with Gasteiger partial charge >= 0.3 is 0 Å². The first-order valence-corrected chi connectivity index (χ1v) is 11.3. The van der Waals surface area contributed by atoms with Crippen LogP contribution in [-0.4, -0.2) is 43.9 Å². The van der Waals surface area contributed by atoms with E-state index in [2.05, 4.69) is 5.32 Å². The summed E-state index contributed by atoms with van der Waals surface area (Å²) in [4.78, 5) is 12.5. The maximum atomic E-state index is 13.1. The third-order valence-corrected chi connectivity index (χ3v) is 7.13. The molecule has 1 fully saturated rings. The predicted octanol–water partition coefficient (Wildman–Crippen LogP) is 3.72. The Morgan fingerprint density at radius 1 is 1.10 bits per heavy atom. The predicted molar refractivity (Wildman–Crippen MR) is 113 cm³/mol. The van der Waals surface area contributed by atoms with E-state index in [0.29, 0.717) is 11.6 Å². The van der Waals surface area contributed by atoms with Gasteiger partial charge in [0.25, 0.3) is 5.91 Å². The largest absolute Gasteiger partial charge is 0.373 e. The molecule has 0 spiro atoms.